The smallest absolute Gasteiger partial charge is 0.407 e. The van der Waals surface area contributed by atoms with Crippen molar-refractivity contribution in [3.63, 3.8) is 0 Å². The maximum Gasteiger partial charge on any atom is 0.407 e. The summed E-state index contributed by atoms with van der Waals surface area (Å²) in [5.41, 5.74) is 3.12. The van der Waals surface area contributed by atoms with Gasteiger partial charge in [0.25, 0.3) is 0 Å². The van der Waals surface area contributed by atoms with E-state index in [9.17, 15) is 14.5 Å². The number of hydrogen-bond donors (Lipinski definition) is 1. The van der Waals surface area contributed by atoms with Crippen molar-refractivity contribution in [2.24, 2.45) is 9.81 Å². The van der Waals surface area contributed by atoms with Gasteiger partial charge in [-0.1, -0.05) is 28.7 Å². The second-order valence-electron chi connectivity index (χ2n) is 8.90. The molecule has 26 heavy (non-hydrogen) atoms. The molecule has 2 bridgehead atoms. The number of amides is 1. The Balaban J connectivity index is 1.77. The number of carbonyl (C=O) groups is 1. The van der Waals surface area contributed by atoms with Gasteiger partial charge in [-0.25, -0.2) is 4.79 Å². The summed E-state index contributed by atoms with van der Waals surface area (Å²) < 4.78 is 17.2. The first kappa shape index (κ1) is 17.9. The molecule has 2 fully saturated rings. The Morgan fingerprint density at radius 1 is 1.27 bits per heavy atom. The number of rotatable bonds is 1. The fourth-order valence-electron chi connectivity index (χ4n) is 5.00. The predicted molar refractivity (Wildman–Crippen MR) is 103 cm³/mol. The standard InChI is InChI=1S/C20H26N2O3S/c1-19(2,3)26(25)21-17-16-7-5-4-6-13(16)10-20(17)11-14-8-9-15(12-20)22(14)18(23)24/h4-7,14-15H,8-12H2,1-3H3,(H,23,24)/b21-17+. The van der Waals surface area contributed by atoms with Crippen LogP contribution in [0.5, 0.6) is 0 Å². The third kappa shape index (κ3) is 2.74. The van der Waals surface area contributed by atoms with E-state index >= 15 is 0 Å². The van der Waals surface area contributed by atoms with Gasteiger partial charge in [0.2, 0.25) is 0 Å². The lowest BCUT2D eigenvalue weighted by Gasteiger charge is -2.43. The van der Waals surface area contributed by atoms with Gasteiger partial charge in [-0.2, -0.15) is 0 Å². The zero-order valence-electron chi connectivity index (χ0n) is 15.6. The van der Waals surface area contributed by atoms with Crippen molar-refractivity contribution in [1.82, 2.24) is 4.90 Å². The van der Waals surface area contributed by atoms with E-state index in [4.69, 9.17) is 4.40 Å². The summed E-state index contributed by atoms with van der Waals surface area (Å²) in [7, 11) is 0. The molecule has 2 aliphatic heterocycles. The van der Waals surface area contributed by atoms with Crippen LogP contribution in [0.1, 0.15) is 57.6 Å². The summed E-state index contributed by atoms with van der Waals surface area (Å²) in [5, 5.41) is 9.59. The van der Waals surface area contributed by atoms with E-state index < -0.39 is 22.2 Å². The molecule has 4 rings (SSSR count). The van der Waals surface area contributed by atoms with Crippen molar-refractivity contribution in [2.75, 3.05) is 0 Å². The molecule has 1 N–H and O–H groups in total. The van der Waals surface area contributed by atoms with Crippen LogP contribution in [-0.4, -0.2) is 43.2 Å². The zero-order valence-corrected chi connectivity index (χ0v) is 16.4. The highest BCUT2D eigenvalue weighted by molar-refractivity contribution is 7.91. The Hall–Kier alpha value is -1.53. The highest BCUT2D eigenvalue weighted by Crippen LogP contribution is 2.53. The lowest BCUT2D eigenvalue weighted by atomic mass is 9.71. The van der Waals surface area contributed by atoms with E-state index in [-0.39, 0.29) is 17.5 Å². The molecular weight excluding hydrogens is 348 g/mol. The molecule has 0 saturated carbocycles. The number of piperidine rings is 1. The van der Waals surface area contributed by atoms with Crippen LogP contribution in [-0.2, 0) is 17.8 Å². The fourth-order valence-corrected chi connectivity index (χ4v) is 5.73. The minimum absolute atomic E-state index is 0.0498. The Bertz CT molecular complexity index is 757. The molecule has 1 aliphatic carbocycles. The summed E-state index contributed by atoms with van der Waals surface area (Å²) >= 11 is -1.32. The van der Waals surface area contributed by atoms with Gasteiger partial charge in [-0.3, -0.25) is 0 Å². The van der Waals surface area contributed by atoms with E-state index in [0.29, 0.717) is 0 Å². The Kier molecular flexibility index (Phi) is 4.12. The van der Waals surface area contributed by atoms with E-state index in [1.54, 1.807) is 4.90 Å². The molecule has 5 nitrogen and oxygen atoms in total. The Labute approximate surface area is 157 Å². The highest BCUT2D eigenvalue weighted by atomic mass is 32.2. The number of fused-ring (bicyclic) bond motifs is 3. The summed E-state index contributed by atoms with van der Waals surface area (Å²) in [5.74, 6) is 0. The predicted octanol–water partition coefficient (Wildman–Crippen LogP) is 3.79. The van der Waals surface area contributed by atoms with Gasteiger partial charge in [0, 0.05) is 23.1 Å². The molecule has 140 valence electrons. The maximum atomic E-state index is 12.8. The van der Waals surface area contributed by atoms with Crippen molar-refractivity contribution >= 4 is 23.2 Å². The molecule has 3 unspecified atom stereocenters. The molecule has 0 radical (unpaired) electrons. The van der Waals surface area contributed by atoms with E-state index in [2.05, 4.69) is 12.1 Å². The first-order valence-corrected chi connectivity index (χ1v) is 10.4. The molecule has 3 aliphatic rings. The quantitative estimate of drug-likeness (QED) is 0.760. The Morgan fingerprint density at radius 2 is 1.88 bits per heavy atom. The minimum Gasteiger partial charge on any atom is -0.591 e. The second kappa shape index (κ2) is 5.99. The van der Waals surface area contributed by atoms with Crippen molar-refractivity contribution in [3.8, 4) is 0 Å². The van der Waals surface area contributed by atoms with Crippen molar-refractivity contribution in [1.29, 1.82) is 0 Å². The average molecular weight is 375 g/mol. The van der Waals surface area contributed by atoms with Crippen molar-refractivity contribution < 1.29 is 14.5 Å². The number of benzene rings is 1. The summed E-state index contributed by atoms with van der Waals surface area (Å²) in [4.78, 5) is 13.3. The second-order valence-corrected chi connectivity index (χ2v) is 10.8. The van der Waals surface area contributed by atoms with Gasteiger partial charge in [0.1, 0.15) is 21.8 Å². The van der Waals surface area contributed by atoms with Gasteiger partial charge in [0.05, 0.1) is 0 Å². The topological polar surface area (TPSA) is 76.0 Å². The van der Waals surface area contributed by atoms with Crippen LogP contribution in [0.15, 0.2) is 28.7 Å². The van der Waals surface area contributed by atoms with Gasteiger partial charge >= 0.3 is 6.09 Å². The molecule has 1 spiro atoms. The molecule has 1 aromatic rings. The summed E-state index contributed by atoms with van der Waals surface area (Å²) in [6.07, 6.45) is 3.48. The van der Waals surface area contributed by atoms with Gasteiger partial charge in [0.15, 0.2) is 0 Å². The van der Waals surface area contributed by atoms with E-state index in [0.717, 1.165) is 43.4 Å². The zero-order chi connectivity index (χ0) is 18.7. The lowest BCUT2D eigenvalue weighted by molar-refractivity contribution is 0.0715. The van der Waals surface area contributed by atoms with Gasteiger partial charge in [-0.15, -0.1) is 0 Å². The average Bonchev–Trinajstić information content (AvgIpc) is 3.00. The largest absolute Gasteiger partial charge is 0.591 e. The van der Waals surface area contributed by atoms with Gasteiger partial charge in [-0.05, 0) is 58.4 Å². The number of nitrogens with zero attached hydrogens (tertiary/aromatic N) is 2. The summed E-state index contributed by atoms with van der Waals surface area (Å²) in [6.45, 7) is 5.83. The Morgan fingerprint density at radius 3 is 2.46 bits per heavy atom. The first-order chi connectivity index (χ1) is 12.2. The molecule has 3 atom stereocenters. The lowest BCUT2D eigenvalue weighted by Crippen LogP contribution is -2.52. The molecule has 1 aromatic carbocycles. The fraction of sp³-hybridized carbons (Fsp3) is 0.600. The molecular formula is C20H26N2O3S. The van der Waals surface area contributed by atoms with Crippen molar-refractivity contribution in [3.05, 3.63) is 35.4 Å². The van der Waals surface area contributed by atoms with Crippen LogP contribution in [0, 0.1) is 5.41 Å². The van der Waals surface area contributed by atoms with Crippen LogP contribution < -0.4 is 0 Å². The van der Waals surface area contributed by atoms with Crippen LogP contribution in [0.4, 0.5) is 4.79 Å². The normalized spacial score (nSPS) is 32.9. The van der Waals surface area contributed by atoms with Gasteiger partial charge < -0.3 is 14.6 Å². The van der Waals surface area contributed by atoms with Crippen LogP contribution in [0.25, 0.3) is 0 Å². The van der Waals surface area contributed by atoms with Crippen LogP contribution in [0.2, 0.25) is 0 Å². The maximum absolute atomic E-state index is 12.8. The number of carboxylic acid groups (broad SMARTS) is 1. The van der Waals surface area contributed by atoms with E-state index in [1.165, 1.54) is 5.56 Å². The molecule has 1 amide bonds. The first-order valence-electron chi connectivity index (χ1n) is 9.32. The number of hydrogen-bond acceptors (Lipinski definition) is 3. The molecule has 0 aromatic heterocycles. The monoisotopic (exact) mass is 374 g/mol. The third-order valence-electron chi connectivity index (χ3n) is 6.10. The molecule has 2 heterocycles. The summed E-state index contributed by atoms with van der Waals surface area (Å²) in [6, 6.07) is 8.35. The highest BCUT2D eigenvalue weighted by Gasteiger charge is 2.56. The van der Waals surface area contributed by atoms with Crippen molar-refractivity contribution in [2.45, 2.75) is 69.7 Å². The van der Waals surface area contributed by atoms with Crippen LogP contribution >= 0.6 is 0 Å². The van der Waals surface area contributed by atoms with Crippen LogP contribution in [0.3, 0.4) is 0 Å². The third-order valence-corrected chi connectivity index (χ3v) is 7.49. The van der Waals surface area contributed by atoms with E-state index in [1.807, 2.05) is 32.9 Å². The minimum atomic E-state index is -1.32. The molecule has 2 saturated heterocycles. The SMILES string of the molecule is CC(C)(C)[S+]([O-])/N=C1\c2ccccc2CC12CC1CCC(C2)N1C(=O)O. The molecule has 6 heteroatoms.